The molecule has 0 atom stereocenters. The number of aromatic nitrogens is 1. The maximum atomic E-state index is 12.5. The van der Waals surface area contributed by atoms with Crippen molar-refractivity contribution >= 4 is 28.2 Å². The van der Waals surface area contributed by atoms with E-state index in [2.05, 4.69) is 11.6 Å². The minimum Gasteiger partial charge on any atom is -0.444 e. The highest BCUT2D eigenvalue weighted by molar-refractivity contribution is 7.14. The Bertz CT molecular complexity index is 971. The fourth-order valence-corrected chi connectivity index (χ4v) is 3.26. The Labute approximate surface area is 165 Å². The first kappa shape index (κ1) is 19.2. The van der Waals surface area contributed by atoms with Crippen molar-refractivity contribution in [2.24, 2.45) is 0 Å². The van der Waals surface area contributed by atoms with Gasteiger partial charge in [0.05, 0.1) is 10.6 Å². The van der Waals surface area contributed by atoms with Crippen molar-refractivity contribution in [2.45, 2.75) is 6.61 Å². The zero-order valence-electron chi connectivity index (χ0n) is 14.9. The number of benzene rings is 2. The highest BCUT2D eigenvalue weighted by Gasteiger charge is 2.20. The molecule has 28 heavy (non-hydrogen) atoms. The lowest BCUT2D eigenvalue weighted by molar-refractivity contribution is -0.384. The SMILES string of the molecule is C=CCN(C(=O)OCc1ccccc1)c1nc(-c2ccc([N+](=O)[O-])cc2)cs1. The van der Waals surface area contributed by atoms with E-state index in [0.717, 1.165) is 11.1 Å². The predicted octanol–water partition coefficient (Wildman–Crippen LogP) is 5.05. The van der Waals surface area contributed by atoms with E-state index in [0.29, 0.717) is 10.8 Å². The van der Waals surface area contributed by atoms with Gasteiger partial charge in [0, 0.05) is 29.6 Å². The Balaban J connectivity index is 1.74. The van der Waals surface area contributed by atoms with Crippen LogP contribution in [0.1, 0.15) is 5.56 Å². The van der Waals surface area contributed by atoms with Crippen molar-refractivity contribution in [3.63, 3.8) is 0 Å². The van der Waals surface area contributed by atoms with E-state index in [1.165, 1.54) is 28.4 Å². The van der Waals surface area contributed by atoms with Gasteiger partial charge in [-0.2, -0.15) is 0 Å². The molecule has 0 aliphatic rings. The molecule has 0 saturated heterocycles. The average Bonchev–Trinajstić information content (AvgIpc) is 3.21. The Kier molecular flexibility index (Phi) is 6.13. The normalized spacial score (nSPS) is 10.3. The number of non-ortho nitro benzene ring substituents is 1. The highest BCUT2D eigenvalue weighted by atomic mass is 32.1. The second-order valence-electron chi connectivity index (χ2n) is 5.76. The van der Waals surface area contributed by atoms with Gasteiger partial charge in [-0.25, -0.2) is 14.7 Å². The van der Waals surface area contributed by atoms with Crippen LogP contribution in [0.2, 0.25) is 0 Å². The van der Waals surface area contributed by atoms with Gasteiger partial charge in [0.2, 0.25) is 0 Å². The zero-order valence-corrected chi connectivity index (χ0v) is 15.7. The molecule has 2 aromatic carbocycles. The Morgan fingerprint density at radius 1 is 1.21 bits per heavy atom. The standard InChI is InChI=1S/C20H17N3O4S/c1-2-12-22(20(24)27-13-15-6-4-3-5-7-15)19-21-18(14-28-19)16-8-10-17(11-9-16)23(25)26/h2-11,14H,1,12-13H2. The summed E-state index contributed by atoms with van der Waals surface area (Å²) in [6.45, 7) is 4.09. The van der Waals surface area contributed by atoms with Gasteiger partial charge in [-0.3, -0.25) is 10.1 Å². The van der Waals surface area contributed by atoms with E-state index < -0.39 is 11.0 Å². The fourth-order valence-electron chi connectivity index (χ4n) is 2.43. The molecular weight excluding hydrogens is 378 g/mol. The van der Waals surface area contributed by atoms with Gasteiger partial charge in [0.1, 0.15) is 6.61 Å². The number of carbonyl (C=O) groups excluding carboxylic acids is 1. The fraction of sp³-hybridized carbons (Fsp3) is 0.100. The molecule has 0 radical (unpaired) electrons. The Morgan fingerprint density at radius 3 is 2.57 bits per heavy atom. The third kappa shape index (κ3) is 4.60. The smallest absolute Gasteiger partial charge is 0.416 e. The number of amides is 1. The summed E-state index contributed by atoms with van der Waals surface area (Å²) in [5.41, 5.74) is 2.25. The molecule has 3 rings (SSSR count). The van der Waals surface area contributed by atoms with Crippen molar-refractivity contribution in [2.75, 3.05) is 11.4 Å². The van der Waals surface area contributed by atoms with Gasteiger partial charge in [-0.1, -0.05) is 36.4 Å². The number of hydrogen-bond acceptors (Lipinski definition) is 6. The molecule has 0 N–H and O–H groups in total. The van der Waals surface area contributed by atoms with E-state index in [4.69, 9.17) is 4.74 Å². The Morgan fingerprint density at radius 2 is 1.93 bits per heavy atom. The van der Waals surface area contributed by atoms with Crippen LogP contribution in [-0.2, 0) is 11.3 Å². The summed E-state index contributed by atoms with van der Waals surface area (Å²) in [4.78, 5) is 28.7. The van der Waals surface area contributed by atoms with Crippen molar-refractivity contribution in [3.05, 3.63) is 88.3 Å². The first-order chi connectivity index (χ1) is 13.6. The van der Waals surface area contributed by atoms with E-state index in [1.54, 1.807) is 23.6 Å². The summed E-state index contributed by atoms with van der Waals surface area (Å²) in [7, 11) is 0. The summed E-state index contributed by atoms with van der Waals surface area (Å²) in [6.07, 6.45) is 1.07. The van der Waals surface area contributed by atoms with Crippen molar-refractivity contribution in [1.82, 2.24) is 4.98 Å². The third-order valence-corrected chi connectivity index (χ3v) is 4.70. The summed E-state index contributed by atoms with van der Waals surface area (Å²) in [5.74, 6) is 0. The first-order valence-corrected chi connectivity index (χ1v) is 9.26. The molecule has 0 unspecified atom stereocenters. The van der Waals surface area contributed by atoms with Crippen molar-refractivity contribution in [3.8, 4) is 11.3 Å². The quantitative estimate of drug-likeness (QED) is 0.317. The number of anilines is 1. The molecule has 7 nitrogen and oxygen atoms in total. The second-order valence-corrected chi connectivity index (χ2v) is 6.60. The number of nitrogens with zero attached hydrogens (tertiary/aromatic N) is 3. The maximum Gasteiger partial charge on any atom is 0.416 e. The topological polar surface area (TPSA) is 85.6 Å². The van der Waals surface area contributed by atoms with E-state index in [1.807, 2.05) is 30.3 Å². The molecule has 3 aromatic rings. The van der Waals surface area contributed by atoms with Crippen LogP contribution >= 0.6 is 11.3 Å². The van der Waals surface area contributed by atoms with Gasteiger partial charge in [-0.15, -0.1) is 17.9 Å². The molecule has 0 spiro atoms. The number of carbonyl (C=O) groups is 1. The first-order valence-electron chi connectivity index (χ1n) is 8.38. The van der Waals surface area contributed by atoms with Crippen LogP contribution in [-0.4, -0.2) is 22.5 Å². The van der Waals surface area contributed by atoms with Gasteiger partial charge in [-0.05, 0) is 17.7 Å². The highest BCUT2D eigenvalue weighted by Crippen LogP contribution is 2.29. The summed E-state index contributed by atoms with van der Waals surface area (Å²) >= 11 is 1.29. The maximum absolute atomic E-state index is 12.5. The van der Waals surface area contributed by atoms with Gasteiger partial charge in [0.15, 0.2) is 5.13 Å². The molecule has 8 heteroatoms. The number of thiazole rings is 1. The van der Waals surface area contributed by atoms with E-state index in [-0.39, 0.29) is 18.8 Å². The number of hydrogen-bond donors (Lipinski definition) is 0. The van der Waals surface area contributed by atoms with Crippen LogP contribution in [0.25, 0.3) is 11.3 Å². The number of nitro benzene ring substituents is 1. The van der Waals surface area contributed by atoms with Gasteiger partial charge >= 0.3 is 6.09 Å². The molecule has 142 valence electrons. The molecule has 0 aliphatic heterocycles. The van der Waals surface area contributed by atoms with Crippen molar-refractivity contribution in [1.29, 1.82) is 0 Å². The van der Waals surface area contributed by atoms with E-state index >= 15 is 0 Å². The lowest BCUT2D eigenvalue weighted by Crippen LogP contribution is -2.31. The minimum atomic E-state index is -0.520. The largest absolute Gasteiger partial charge is 0.444 e. The number of nitro groups is 1. The summed E-state index contributed by atoms with van der Waals surface area (Å²) in [5, 5.41) is 13.0. The molecule has 0 aliphatic carbocycles. The van der Waals surface area contributed by atoms with Crippen molar-refractivity contribution < 1.29 is 14.5 Å². The van der Waals surface area contributed by atoms with E-state index in [9.17, 15) is 14.9 Å². The number of rotatable bonds is 7. The third-order valence-electron chi connectivity index (χ3n) is 3.83. The van der Waals surface area contributed by atoms with Crippen LogP contribution in [0.5, 0.6) is 0 Å². The molecule has 1 aromatic heterocycles. The number of ether oxygens (including phenoxy) is 1. The lowest BCUT2D eigenvalue weighted by atomic mass is 10.1. The second kappa shape index (κ2) is 8.92. The molecule has 1 heterocycles. The average molecular weight is 395 g/mol. The zero-order chi connectivity index (χ0) is 19.9. The van der Waals surface area contributed by atoms with Gasteiger partial charge in [0.25, 0.3) is 5.69 Å². The summed E-state index contributed by atoms with van der Waals surface area (Å²) < 4.78 is 5.39. The molecule has 0 saturated carbocycles. The molecule has 0 bridgehead atoms. The van der Waals surface area contributed by atoms with Crippen LogP contribution in [0.3, 0.4) is 0 Å². The van der Waals surface area contributed by atoms with Crippen LogP contribution in [0.15, 0.2) is 72.6 Å². The van der Waals surface area contributed by atoms with Crippen LogP contribution < -0.4 is 4.90 Å². The van der Waals surface area contributed by atoms with Gasteiger partial charge < -0.3 is 4.74 Å². The monoisotopic (exact) mass is 395 g/mol. The molecular formula is C20H17N3O4S. The summed E-state index contributed by atoms with van der Waals surface area (Å²) in [6, 6.07) is 15.5. The van der Waals surface area contributed by atoms with Crippen LogP contribution in [0, 0.1) is 10.1 Å². The predicted molar refractivity (Wildman–Crippen MR) is 108 cm³/mol. The Hall–Kier alpha value is -3.52. The minimum absolute atomic E-state index is 0.0111. The lowest BCUT2D eigenvalue weighted by Gasteiger charge is -2.17. The molecule has 1 amide bonds. The molecule has 0 fully saturated rings. The van der Waals surface area contributed by atoms with Crippen LogP contribution in [0.4, 0.5) is 15.6 Å².